The third kappa shape index (κ3) is 33.9. The molecule has 0 saturated carbocycles. The van der Waals surface area contributed by atoms with Gasteiger partial charge in [0.2, 0.25) is 17.7 Å². The number of phenols is 6. The van der Waals surface area contributed by atoms with E-state index in [1.54, 1.807) is 131 Å². The molecule has 4 fully saturated rings. The van der Waals surface area contributed by atoms with Gasteiger partial charge in [-0.3, -0.25) is 24.2 Å². The monoisotopic (exact) mass is 1840 g/mol. The molecule has 4 heterocycles. The Morgan fingerprint density at radius 3 is 1.15 bits per heavy atom. The Morgan fingerprint density at radius 2 is 0.771 bits per heavy atom. The first kappa shape index (κ1) is 109. The number of hydrogen-bond donors (Lipinski definition) is 7. The number of thioether (sulfide) groups is 1. The second-order valence-electron chi connectivity index (χ2n) is 33.8. The van der Waals surface area contributed by atoms with Gasteiger partial charge in [-0.05, 0) is 239 Å². The quantitative estimate of drug-likeness (QED) is 0.0262. The predicted molar refractivity (Wildman–Crippen MR) is 508 cm³/mol. The lowest BCUT2D eigenvalue weighted by Crippen LogP contribution is -2.56. The van der Waals surface area contributed by atoms with Crippen LogP contribution in [0.5, 0.6) is 69.0 Å². The zero-order chi connectivity index (χ0) is 95.3. The van der Waals surface area contributed by atoms with Crippen molar-refractivity contribution >= 4 is 47.8 Å². The second-order valence-corrected chi connectivity index (χ2v) is 35.0. The van der Waals surface area contributed by atoms with Crippen LogP contribution in [0.3, 0.4) is 0 Å². The number of ether oxygens (including phenoxy) is 11. The Balaban J connectivity index is 0.000000242. The van der Waals surface area contributed by atoms with Gasteiger partial charge in [-0.15, -0.1) is 0 Å². The third-order valence-electron chi connectivity index (χ3n) is 22.8. The number of hydrogen-bond acceptors (Lipinski definition) is 25. The largest absolute Gasteiger partial charge is 0.508 e. The van der Waals surface area contributed by atoms with Crippen molar-refractivity contribution in [3.63, 3.8) is 0 Å². The normalized spacial score (nSPS) is 17.3. The fourth-order valence-electron chi connectivity index (χ4n) is 14.6. The zero-order valence-corrected chi connectivity index (χ0v) is 80.1. The van der Waals surface area contributed by atoms with Gasteiger partial charge in [0.25, 0.3) is 0 Å². The summed E-state index contributed by atoms with van der Waals surface area (Å²) in [5.41, 5.74) is 8.18. The molecule has 4 saturated heterocycles. The smallest absolute Gasteiger partial charge is 0.410 e. The molecule has 6 aromatic rings. The topological polar surface area (TPSA) is 357 Å². The van der Waals surface area contributed by atoms with Gasteiger partial charge in [0, 0.05) is 122 Å². The number of amides is 6. The average molecular weight is 1850 g/mol. The lowest BCUT2D eigenvalue weighted by molar-refractivity contribution is -0.140. The van der Waals surface area contributed by atoms with Gasteiger partial charge in [0.1, 0.15) is 109 Å². The van der Waals surface area contributed by atoms with Crippen LogP contribution < -0.4 is 33.7 Å². The summed E-state index contributed by atoms with van der Waals surface area (Å²) < 4.78 is 61.6. The highest BCUT2D eigenvalue weighted by Crippen LogP contribution is 2.36. The minimum Gasteiger partial charge on any atom is -0.508 e. The molecule has 4 unspecified atom stereocenters. The molecule has 30 nitrogen and oxygen atoms in total. The molecule has 31 heteroatoms. The Kier molecular flexibility index (Phi) is 45.8. The van der Waals surface area contributed by atoms with Crippen molar-refractivity contribution in [2.75, 3.05) is 138 Å². The van der Waals surface area contributed by atoms with E-state index in [4.69, 9.17) is 52.1 Å². The molecule has 7 N–H and O–H groups in total. The van der Waals surface area contributed by atoms with Crippen molar-refractivity contribution in [3.05, 3.63) is 165 Å². The summed E-state index contributed by atoms with van der Waals surface area (Å²) in [7, 11) is 5.53. The maximum absolute atomic E-state index is 12.7. The van der Waals surface area contributed by atoms with E-state index in [1.807, 2.05) is 139 Å². The highest BCUT2D eigenvalue weighted by Gasteiger charge is 2.35. The summed E-state index contributed by atoms with van der Waals surface area (Å²) in [5, 5.41) is 60.9. The molecule has 2 aliphatic carbocycles. The third-order valence-corrected chi connectivity index (χ3v) is 23.9. The maximum Gasteiger partial charge on any atom is 0.410 e. The molecule has 6 aromatic carbocycles. The van der Waals surface area contributed by atoms with Crippen LogP contribution in [0.4, 0.5) is 14.4 Å². The van der Waals surface area contributed by atoms with E-state index in [0.29, 0.717) is 149 Å². The van der Waals surface area contributed by atoms with Crippen molar-refractivity contribution in [1.29, 1.82) is 0 Å². The van der Waals surface area contributed by atoms with Gasteiger partial charge < -0.3 is 108 Å². The number of nitrogens with zero attached hydrogens (tertiary/aromatic N) is 6. The molecule has 6 aliphatic rings. The predicted octanol–water partition coefficient (Wildman–Crippen LogP) is 16.5. The standard InChI is InChI=1S/C19H27NO3.C17H26N2O4.C16H23NO5.C16H23NO4S.C16H21NO3.C15H21NO4.CH4/c1-13(2)20(4)19(22)16-9-6-5-8-15(16)12-23-18-11-7-10-17(21)14(18)3;1-12(2)23-17(21)19-9-8-18(4)10-14(19)11-22-16-7-5-6-15(20)13(16)3;1-11(2)22-16(19)17-7-8-20-9-13(17)10-21-15-6-4-5-14(18)12(15)3;1-11(2)21-16(19)17-7-8-22-10-13(17)9-20-15-6-4-5-14(18)12(15)3;1-11-14(18)8-5-9-15(11)20-10-12-6-3-4-7-13(12)16(19)17-2;1-3-15(18)16-7-8-19-9-12(16)10-20-14-6-4-5-13(17)11(14)2;/h7,10-11,13,21H,5-6,8-9,12H2,1-4H3;5-7,12,14,20H,8-11H2,1-4H3;2*4-6,11,13,18H,7-10H2,1-3H3;5,8-9,18H,3-4,6-7,10H2,1-2H3,(H,17,19);4-6,12,17H,3,7-10H2,1-2H3;1H4. The van der Waals surface area contributed by atoms with Crippen LogP contribution in [0.2, 0.25) is 0 Å². The summed E-state index contributed by atoms with van der Waals surface area (Å²) in [5.74, 6) is 7.11. The van der Waals surface area contributed by atoms with Crippen LogP contribution in [0, 0.1) is 41.5 Å². The number of morpholine rings is 2. The molecule has 0 radical (unpaired) electrons. The summed E-state index contributed by atoms with van der Waals surface area (Å²) in [6.45, 7) is 35.9. The van der Waals surface area contributed by atoms with E-state index in [1.165, 1.54) is 0 Å². The van der Waals surface area contributed by atoms with Crippen LogP contribution in [0.1, 0.15) is 161 Å². The molecule has 4 atom stereocenters. The summed E-state index contributed by atoms with van der Waals surface area (Å²) >= 11 is 1.81. The number of carbonyl (C=O) groups excluding carboxylic acids is 6. The van der Waals surface area contributed by atoms with Crippen LogP contribution in [0.15, 0.2) is 131 Å². The average Bonchev–Trinajstić information content (AvgIpc) is 0.844. The lowest BCUT2D eigenvalue weighted by Gasteiger charge is -2.39. The number of likely N-dealkylation sites (N-methyl/N-ethyl adjacent to an activating group) is 3. The summed E-state index contributed by atoms with van der Waals surface area (Å²) in [4.78, 5) is 83.8. The van der Waals surface area contributed by atoms with Gasteiger partial charge in [0.05, 0.1) is 68.9 Å². The molecule has 131 heavy (non-hydrogen) atoms. The number of benzene rings is 6. The zero-order valence-electron chi connectivity index (χ0n) is 79.3. The molecular formula is C100H145N7O23S. The van der Waals surface area contributed by atoms with Crippen molar-refractivity contribution in [3.8, 4) is 69.0 Å². The molecule has 4 aliphatic heterocycles. The van der Waals surface area contributed by atoms with Crippen molar-refractivity contribution < 1.29 is 112 Å². The van der Waals surface area contributed by atoms with E-state index in [9.17, 15) is 59.4 Å². The highest BCUT2D eigenvalue weighted by molar-refractivity contribution is 7.99. The van der Waals surface area contributed by atoms with E-state index in [0.717, 1.165) is 109 Å². The van der Waals surface area contributed by atoms with Gasteiger partial charge in [-0.2, -0.15) is 11.8 Å². The van der Waals surface area contributed by atoms with Crippen molar-refractivity contribution in [1.82, 2.24) is 34.7 Å². The minimum absolute atomic E-state index is 0. The minimum atomic E-state index is -0.348. The molecule has 6 amide bonds. The van der Waals surface area contributed by atoms with Gasteiger partial charge in [0.15, 0.2) is 0 Å². The van der Waals surface area contributed by atoms with Crippen LogP contribution in [-0.4, -0.2) is 283 Å². The van der Waals surface area contributed by atoms with E-state index >= 15 is 0 Å². The maximum atomic E-state index is 12.7. The van der Waals surface area contributed by atoms with Gasteiger partial charge >= 0.3 is 18.3 Å². The molecule has 0 spiro atoms. The molecule has 724 valence electrons. The Hall–Kier alpha value is -11.2. The number of nitrogens with one attached hydrogen (secondary N) is 1. The van der Waals surface area contributed by atoms with Crippen LogP contribution >= 0.6 is 11.8 Å². The van der Waals surface area contributed by atoms with E-state index in [2.05, 4.69) is 10.2 Å². The van der Waals surface area contributed by atoms with E-state index < -0.39 is 0 Å². The van der Waals surface area contributed by atoms with Crippen molar-refractivity contribution in [2.24, 2.45) is 0 Å². The number of carbonyl (C=O) groups is 6. The Morgan fingerprint density at radius 1 is 0.443 bits per heavy atom. The summed E-state index contributed by atoms with van der Waals surface area (Å²) in [6.07, 6.45) is 6.89. The second kappa shape index (κ2) is 55.2. The number of phenolic OH excluding ortho intramolecular Hbond substituents is 6. The Bertz CT molecular complexity index is 4600. The van der Waals surface area contributed by atoms with Gasteiger partial charge in [-0.25, -0.2) is 14.4 Å². The lowest BCUT2D eigenvalue weighted by atomic mass is 9.91. The SMILES string of the molecule is C.CCC(=O)N1CCOCC1COc1cccc(O)c1C.CNC(=O)C1=C(COc2cccc(O)c2C)CCCC1.Cc1c(O)cccc1OCC1=C(C(=O)N(C)C(C)C)CCCC1.Cc1c(O)cccc1OCC1CN(C)CCN1C(=O)OC(C)C.Cc1c(O)cccc1OCC1COCCN1C(=O)OC(C)C.Cc1c(O)cccc1OCC1CSCCN1C(=O)OC(C)C. The fourth-order valence-corrected chi connectivity index (χ4v) is 15.6. The number of rotatable bonds is 25. The first-order valence-corrected chi connectivity index (χ1v) is 46.2. The molecule has 0 bridgehead atoms. The first-order chi connectivity index (χ1) is 62.0. The van der Waals surface area contributed by atoms with Crippen LogP contribution in [0.25, 0.3) is 0 Å². The van der Waals surface area contributed by atoms with Crippen molar-refractivity contribution in [2.45, 2.75) is 218 Å². The van der Waals surface area contributed by atoms with Crippen LogP contribution in [-0.2, 0) is 38.1 Å². The van der Waals surface area contributed by atoms with E-state index in [-0.39, 0.29) is 133 Å². The summed E-state index contributed by atoms with van der Waals surface area (Å²) in [6, 6.07) is 31.0. The first-order valence-electron chi connectivity index (χ1n) is 45.1. The van der Waals surface area contributed by atoms with Gasteiger partial charge in [-0.1, -0.05) is 50.7 Å². The molecule has 0 aromatic heterocycles. The number of aromatic hydroxyl groups is 6. The number of piperazine rings is 1. The molecule has 12 rings (SSSR count). The molecular weight excluding hydrogens is 1700 g/mol. The highest BCUT2D eigenvalue weighted by atomic mass is 32.2. The fraction of sp³-hybridized carbons (Fsp3) is 0.540. The Labute approximate surface area is 779 Å².